The summed E-state index contributed by atoms with van der Waals surface area (Å²) >= 11 is 0. The molecular weight excluding hydrogens is 259 g/mol. The Hall–Kier alpha value is -1.10. The summed E-state index contributed by atoms with van der Waals surface area (Å²) < 4.78 is 32.4. The third kappa shape index (κ3) is 3.98. The maximum atomic E-state index is 12.2. The molecule has 1 aromatic rings. The Kier molecular flexibility index (Phi) is 5.59. The molecule has 7 heteroatoms. The van der Waals surface area contributed by atoms with Crippen LogP contribution in [0, 0.1) is 0 Å². The second-order valence-electron chi connectivity index (χ2n) is 3.38. The molecule has 0 aliphatic rings. The van der Waals surface area contributed by atoms with E-state index in [1.165, 1.54) is 19.4 Å². The quantitative estimate of drug-likeness (QED) is 0.712. The van der Waals surface area contributed by atoms with Gasteiger partial charge in [-0.25, -0.2) is 0 Å². The molecule has 0 aliphatic heterocycles. The summed E-state index contributed by atoms with van der Waals surface area (Å²) in [5.41, 5.74) is -0.335. The van der Waals surface area contributed by atoms with Crippen molar-refractivity contribution in [1.29, 1.82) is 0 Å². The van der Waals surface area contributed by atoms with Crippen LogP contribution < -0.4 is 10.2 Å². The van der Waals surface area contributed by atoms with E-state index in [0.29, 0.717) is 0 Å². The van der Waals surface area contributed by atoms with Gasteiger partial charge in [0.05, 0.1) is 20.3 Å². The summed E-state index contributed by atoms with van der Waals surface area (Å²) in [4.78, 5) is 11.5. The smallest absolute Gasteiger partial charge is 0.338 e. The van der Waals surface area contributed by atoms with Crippen molar-refractivity contribution in [3.05, 3.63) is 28.3 Å². The average Bonchev–Trinajstić information content (AvgIpc) is 2.29. The lowest BCUT2D eigenvalue weighted by Crippen LogP contribution is -2.06. The molecule has 0 unspecified atom stereocenters. The molecule has 0 fully saturated rings. The molecule has 1 aromatic heterocycles. The van der Waals surface area contributed by atoms with Crippen molar-refractivity contribution in [2.75, 3.05) is 20.3 Å². The minimum Gasteiger partial charge on any atom is -0.490 e. The second-order valence-corrected chi connectivity index (χ2v) is 5.44. The maximum absolute atomic E-state index is 12.2. The van der Waals surface area contributed by atoms with Crippen LogP contribution >= 0.6 is 7.60 Å². The van der Waals surface area contributed by atoms with Crippen molar-refractivity contribution in [2.45, 2.75) is 20.0 Å². The largest absolute Gasteiger partial charge is 0.490 e. The Bertz CT molecular complexity index is 471. The molecule has 0 aliphatic carbocycles. The van der Waals surface area contributed by atoms with E-state index in [1.807, 2.05) is 0 Å². The monoisotopic (exact) mass is 276 g/mol. The lowest BCUT2D eigenvalue weighted by atomic mass is 10.4. The summed E-state index contributed by atoms with van der Waals surface area (Å²) in [5, 5.41) is 0. The number of ether oxygens (including phenoxy) is 1. The van der Waals surface area contributed by atoms with Gasteiger partial charge in [-0.2, -0.15) is 0 Å². The van der Waals surface area contributed by atoms with Gasteiger partial charge < -0.3 is 18.2 Å². The number of hydrogen-bond acceptors (Lipinski definition) is 6. The molecule has 0 aromatic carbocycles. The van der Waals surface area contributed by atoms with Crippen molar-refractivity contribution in [3.63, 3.8) is 0 Å². The van der Waals surface area contributed by atoms with E-state index in [9.17, 15) is 9.36 Å². The van der Waals surface area contributed by atoms with Crippen LogP contribution in [0.15, 0.2) is 21.5 Å². The Morgan fingerprint density at radius 1 is 1.28 bits per heavy atom. The highest BCUT2D eigenvalue weighted by Gasteiger charge is 2.25. The van der Waals surface area contributed by atoms with Crippen molar-refractivity contribution < 1.29 is 22.8 Å². The molecule has 0 bridgehead atoms. The van der Waals surface area contributed by atoms with E-state index >= 15 is 0 Å². The van der Waals surface area contributed by atoms with Gasteiger partial charge in [-0.3, -0.25) is 9.36 Å². The Morgan fingerprint density at radius 3 is 2.33 bits per heavy atom. The molecule has 0 radical (unpaired) electrons. The van der Waals surface area contributed by atoms with E-state index in [1.54, 1.807) is 13.8 Å². The Balaban J connectivity index is 2.91. The summed E-state index contributed by atoms with van der Waals surface area (Å²) in [6, 6.07) is 1.23. The molecular formula is C11H17O6P. The van der Waals surface area contributed by atoms with E-state index in [-0.39, 0.29) is 36.3 Å². The van der Waals surface area contributed by atoms with Crippen LogP contribution in [0.2, 0.25) is 0 Å². The summed E-state index contributed by atoms with van der Waals surface area (Å²) in [6.07, 6.45) is 1.10. The number of hydrogen-bond donors (Lipinski definition) is 0. The zero-order valence-electron chi connectivity index (χ0n) is 10.7. The van der Waals surface area contributed by atoms with Crippen LogP contribution in [0.5, 0.6) is 5.75 Å². The first-order valence-electron chi connectivity index (χ1n) is 5.58. The first kappa shape index (κ1) is 15.0. The van der Waals surface area contributed by atoms with Gasteiger partial charge in [-0.1, -0.05) is 0 Å². The first-order valence-corrected chi connectivity index (χ1v) is 7.31. The fourth-order valence-corrected chi connectivity index (χ4v) is 2.97. The van der Waals surface area contributed by atoms with Crippen LogP contribution in [0.25, 0.3) is 0 Å². The van der Waals surface area contributed by atoms with Crippen molar-refractivity contribution in [3.8, 4) is 5.75 Å². The number of rotatable bonds is 7. The normalized spacial score (nSPS) is 11.5. The molecule has 0 atom stereocenters. The van der Waals surface area contributed by atoms with Gasteiger partial charge in [0.2, 0.25) is 11.2 Å². The van der Waals surface area contributed by atoms with Gasteiger partial charge in [-0.15, -0.1) is 0 Å². The molecule has 0 amide bonds. The third-order valence-corrected chi connectivity index (χ3v) is 4.08. The molecule has 6 nitrogen and oxygen atoms in total. The van der Waals surface area contributed by atoms with Gasteiger partial charge in [0.25, 0.3) is 0 Å². The molecule has 18 heavy (non-hydrogen) atoms. The molecule has 1 rings (SSSR count). The molecule has 0 N–H and O–H groups in total. The lowest BCUT2D eigenvalue weighted by Gasteiger charge is -2.16. The van der Waals surface area contributed by atoms with Crippen LogP contribution in [0.4, 0.5) is 0 Å². The van der Waals surface area contributed by atoms with Gasteiger partial charge in [0.1, 0.15) is 18.2 Å². The fourth-order valence-electron chi connectivity index (χ4n) is 1.38. The summed E-state index contributed by atoms with van der Waals surface area (Å²) in [5.74, 6) is 0.340. The van der Waals surface area contributed by atoms with Gasteiger partial charge >= 0.3 is 7.60 Å². The second kappa shape index (κ2) is 6.73. The van der Waals surface area contributed by atoms with Gasteiger partial charge in [0.15, 0.2) is 0 Å². The molecule has 0 saturated carbocycles. The van der Waals surface area contributed by atoms with E-state index in [4.69, 9.17) is 18.2 Å². The minimum absolute atomic E-state index is 0.0755. The van der Waals surface area contributed by atoms with E-state index in [0.717, 1.165) is 0 Å². The maximum Gasteiger partial charge on any atom is 0.338 e. The predicted molar refractivity (Wildman–Crippen MR) is 66.1 cm³/mol. The zero-order valence-corrected chi connectivity index (χ0v) is 11.6. The molecule has 0 saturated heterocycles. The molecule has 1 heterocycles. The first-order chi connectivity index (χ1) is 8.54. The third-order valence-electron chi connectivity index (χ3n) is 2.07. The number of methoxy groups -OCH3 is 1. The van der Waals surface area contributed by atoms with Crippen LogP contribution in [0.3, 0.4) is 0 Å². The minimum atomic E-state index is -3.26. The standard InChI is InChI=1S/C11H17O6P/c1-4-16-18(13,17-5-2)8-9-6-10(12)11(14-3)7-15-9/h6-7H,4-5,8H2,1-3H3. The fraction of sp³-hybridized carbons (Fsp3) is 0.545. The van der Waals surface area contributed by atoms with Gasteiger partial charge in [0, 0.05) is 6.07 Å². The van der Waals surface area contributed by atoms with Crippen LogP contribution in [-0.2, 0) is 19.8 Å². The van der Waals surface area contributed by atoms with E-state index in [2.05, 4.69) is 0 Å². The predicted octanol–water partition coefficient (Wildman–Crippen LogP) is 2.41. The van der Waals surface area contributed by atoms with E-state index < -0.39 is 7.60 Å². The topological polar surface area (TPSA) is 75.0 Å². The SMILES string of the molecule is CCOP(=O)(Cc1cc(=O)c(OC)co1)OCC. The van der Waals surface area contributed by atoms with Crippen LogP contribution in [-0.4, -0.2) is 20.3 Å². The Labute approximate surface area is 105 Å². The molecule has 0 spiro atoms. The highest BCUT2D eigenvalue weighted by atomic mass is 31.2. The zero-order chi connectivity index (χ0) is 13.6. The van der Waals surface area contributed by atoms with Crippen molar-refractivity contribution in [1.82, 2.24) is 0 Å². The van der Waals surface area contributed by atoms with Crippen molar-refractivity contribution in [2.24, 2.45) is 0 Å². The summed E-state index contributed by atoms with van der Waals surface area (Å²) in [7, 11) is -1.89. The van der Waals surface area contributed by atoms with Crippen molar-refractivity contribution >= 4 is 7.60 Å². The van der Waals surface area contributed by atoms with Gasteiger partial charge in [-0.05, 0) is 13.8 Å². The molecule has 102 valence electrons. The summed E-state index contributed by atoms with van der Waals surface area (Å²) in [6.45, 7) is 3.96. The van der Waals surface area contributed by atoms with Crippen LogP contribution in [0.1, 0.15) is 19.6 Å². The lowest BCUT2D eigenvalue weighted by molar-refractivity contribution is 0.217. The highest BCUT2D eigenvalue weighted by Crippen LogP contribution is 2.51. The average molecular weight is 276 g/mol. The highest BCUT2D eigenvalue weighted by molar-refractivity contribution is 7.53. The Morgan fingerprint density at radius 2 is 1.89 bits per heavy atom.